The number of alkyl halides is 3. The standard InChI is InChI=1S/C15H12ClF3N4O/c1-8(15(17,18)19)6-12-21-14(24)11-7-20-13(23(11)22-12)9-4-2-3-5-10(9)16/h2-5,7-8H,6H2,1H3,(H,21,22,24)/t8-/m1/s1. The molecule has 0 saturated heterocycles. The summed E-state index contributed by atoms with van der Waals surface area (Å²) in [6.07, 6.45) is -3.50. The number of H-pyrrole nitrogens is 1. The Balaban J connectivity index is 2.12. The normalized spacial score (nSPS) is 13.4. The number of benzene rings is 1. The van der Waals surface area contributed by atoms with Gasteiger partial charge in [0.05, 0.1) is 17.1 Å². The third-order valence-electron chi connectivity index (χ3n) is 3.62. The Hall–Kier alpha value is -2.35. The minimum atomic E-state index is -4.37. The van der Waals surface area contributed by atoms with Crippen LogP contribution in [0.5, 0.6) is 0 Å². The van der Waals surface area contributed by atoms with Crippen LogP contribution in [-0.4, -0.2) is 25.8 Å². The third-order valence-corrected chi connectivity index (χ3v) is 3.95. The second kappa shape index (κ2) is 5.94. The molecule has 0 fully saturated rings. The molecule has 0 radical (unpaired) electrons. The summed E-state index contributed by atoms with van der Waals surface area (Å²) in [7, 11) is 0. The lowest BCUT2D eigenvalue weighted by atomic mass is 10.1. The fraction of sp³-hybridized carbons (Fsp3) is 0.267. The molecular formula is C15H12ClF3N4O. The van der Waals surface area contributed by atoms with E-state index in [2.05, 4.69) is 15.1 Å². The molecule has 3 rings (SSSR count). The first-order valence-electron chi connectivity index (χ1n) is 7.06. The Kier molecular flexibility index (Phi) is 4.08. The van der Waals surface area contributed by atoms with Crippen molar-refractivity contribution in [2.75, 3.05) is 0 Å². The number of nitrogens with one attached hydrogen (secondary N) is 1. The van der Waals surface area contributed by atoms with Crippen molar-refractivity contribution < 1.29 is 13.2 Å². The van der Waals surface area contributed by atoms with E-state index in [1.165, 1.54) is 10.7 Å². The third kappa shape index (κ3) is 3.01. The number of aromatic amines is 1. The number of nitrogens with zero attached hydrogens (tertiary/aromatic N) is 3. The maximum Gasteiger partial charge on any atom is 0.391 e. The van der Waals surface area contributed by atoms with Crippen molar-refractivity contribution >= 4 is 17.1 Å². The Morgan fingerprint density at radius 1 is 1.33 bits per heavy atom. The first kappa shape index (κ1) is 16.5. The summed E-state index contributed by atoms with van der Waals surface area (Å²) in [5.74, 6) is -1.41. The average molecular weight is 357 g/mol. The molecule has 1 atom stereocenters. The van der Waals surface area contributed by atoms with Gasteiger partial charge in [-0.05, 0) is 12.1 Å². The molecular weight excluding hydrogens is 345 g/mol. The monoisotopic (exact) mass is 356 g/mol. The van der Waals surface area contributed by atoms with Gasteiger partial charge in [-0.25, -0.2) is 9.50 Å². The van der Waals surface area contributed by atoms with Gasteiger partial charge >= 0.3 is 6.18 Å². The molecule has 1 N–H and O–H groups in total. The molecule has 0 saturated carbocycles. The number of hydrogen-bond donors (Lipinski definition) is 1. The molecule has 0 bridgehead atoms. The summed E-state index contributed by atoms with van der Waals surface area (Å²) < 4.78 is 39.4. The topological polar surface area (TPSA) is 63.1 Å². The van der Waals surface area contributed by atoms with E-state index in [9.17, 15) is 18.0 Å². The molecule has 0 aliphatic rings. The van der Waals surface area contributed by atoms with Crippen LogP contribution in [0.1, 0.15) is 12.7 Å². The zero-order chi connectivity index (χ0) is 17.5. The maximum absolute atomic E-state index is 12.7. The summed E-state index contributed by atoms with van der Waals surface area (Å²) in [5.41, 5.74) is 0.112. The molecule has 0 aliphatic heterocycles. The number of aromatic nitrogens is 4. The quantitative estimate of drug-likeness (QED) is 0.781. The molecule has 2 heterocycles. The van der Waals surface area contributed by atoms with E-state index in [0.29, 0.717) is 16.4 Å². The van der Waals surface area contributed by atoms with Crippen LogP contribution in [0.4, 0.5) is 13.2 Å². The lowest BCUT2D eigenvalue weighted by Crippen LogP contribution is -2.25. The lowest BCUT2D eigenvalue weighted by Gasteiger charge is -2.14. The zero-order valence-electron chi connectivity index (χ0n) is 12.4. The minimum absolute atomic E-state index is 0.0661. The summed E-state index contributed by atoms with van der Waals surface area (Å²) in [4.78, 5) is 18.6. The van der Waals surface area contributed by atoms with Crippen molar-refractivity contribution in [2.24, 2.45) is 5.92 Å². The van der Waals surface area contributed by atoms with Crippen LogP contribution in [0.25, 0.3) is 16.9 Å². The molecule has 5 nitrogen and oxygen atoms in total. The fourth-order valence-electron chi connectivity index (χ4n) is 2.27. The molecule has 24 heavy (non-hydrogen) atoms. The van der Waals surface area contributed by atoms with Crippen LogP contribution in [0.3, 0.4) is 0 Å². The highest BCUT2D eigenvalue weighted by atomic mass is 35.5. The van der Waals surface area contributed by atoms with Crippen molar-refractivity contribution in [3.63, 3.8) is 0 Å². The largest absolute Gasteiger partial charge is 0.391 e. The lowest BCUT2D eigenvalue weighted by molar-refractivity contribution is -0.169. The van der Waals surface area contributed by atoms with E-state index in [1.807, 2.05) is 0 Å². The molecule has 0 amide bonds. The van der Waals surface area contributed by atoms with Crippen molar-refractivity contribution in [1.82, 2.24) is 19.6 Å². The van der Waals surface area contributed by atoms with Gasteiger partial charge < -0.3 is 4.98 Å². The molecule has 0 spiro atoms. The van der Waals surface area contributed by atoms with Crippen LogP contribution in [0.2, 0.25) is 5.02 Å². The van der Waals surface area contributed by atoms with Crippen molar-refractivity contribution in [2.45, 2.75) is 19.5 Å². The summed E-state index contributed by atoms with van der Waals surface area (Å²) in [5, 5.41) is 4.51. The van der Waals surface area contributed by atoms with Gasteiger partial charge in [-0.1, -0.05) is 30.7 Å². The Labute approximate surface area is 139 Å². The molecule has 3 aromatic rings. The van der Waals surface area contributed by atoms with Gasteiger partial charge in [-0.3, -0.25) is 4.79 Å². The number of fused-ring (bicyclic) bond motifs is 1. The highest BCUT2D eigenvalue weighted by Crippen LogP contribution is 2.28. The summed E-state index contributed by atoms with van der Waals surface area (Å²) in [6.45, 7) is 1.03. The van der Waals surface area contributed by atoms with Crippen LogP contribution < -0.4 is 5.56 Å². The first-order valence-corrected chi connectivity index (χ1v) is 7.43. The minimum Gasteiger partial charge on any atom is -0.307 e. The van der Waals surface area contributed by atoms with Crippen molar-refractivity contribution in [1.29, 1.82) is 0 Å². The van der Waals surface area contributed by atoms with E-state index in [4.69, 9.17) is 11.6 Å². The number of rotatable bonds is 3. The van der Waals surface area contributed by atoms with E-state index in [1.54, 1.807) is 24.3 Å². The van der Waals surface area contributed by atoms with Crippen LogP contribution >= 0.6 is 11.6 Å². The molecule has 0 unspecified atom stereocenters. The van der Waals surface area contributed by atoms with E-state index < -0.39 is 24.1 Å². The van der Waals surface area contributed by atoms with E-state index in [0.717, 1.165) is 6.92 Å². The first-order chi connectivity index (χ1) is 11.3. The van der Waals surface area contributed by atoms with E-state index >= 15 is 0 Å². The molecule has 126 valence electrons. The Morgan fingerprint density at radius 3 is 2.71 bits per heavy atom. The van der Waals surface area contributed by atoms with Gasteiger partial charge in [-0.15, -0.1) is 0 Å². The Morgan fingerprint density at radius 2 is 2.04 bits per heavy atom. The van der Waals surface area contributed by atoms with E-state index in [-0.39, 0.29) is 11.3 Å². The van der Waals surface area contributed by atoms with Gasteiger partial charge in [0.15, 0.2) is 11.3 Å². The van der Waals surface area contributed by atoms with Crippen LogP contribution in [-0.2, 0) is 6.42 Å². The van der Waals surface area contributed by atoms with Gasteiger partial charge in [0.25, 0.3) is 5.56 Å². The number of halogens is 4. The molecule has 9 heteroatoms. The maximum atomic E-state index is 12.7. The average Bonchev–Trinajstić information content (AvgIpc) is 2.91. The van der Waals surface area contributed by atoms with Gasteiger partial charge in [0.1, 0.15) is 5.82 Å². The second-order valence-corrected chi connectivity index (χ2v) is 5.81. The van der Waals surface area contributed by atoms with Crippen molar-refractivity contribution in [3.05, 3.63) is 51.7 Å². The SMILES string of the molecule is C[C@H](Cc1nn2c(-c3ccccc3Cl)ncc2c(=O)[nH]1)C(F)(F)F. The summed E-state index contributed by atoms with van der Waals surface area (Å²) in [6, 6.07) is 6.82. The second-order valence-electron chi connectivity index (χ2n) is 5.41. The smallest absolute Gasteiger partial charge is 0.307 e. The van der Waals surface area contributed by atoms with Gasteiger partial charge in [0, 0.05) is 12.0 Å². The number of hydrogen-bond acceptors (Lipinski definition) is 3. The van der Waals surface area contributed by atoms with Crippen LogP contribution in [0.15, 0.2) is 35.3 Å². The van der Waals surface area contributed by atoms with Gasteiger partial charge in [-0.2, -0.15) is 18.3 Å². The van der Waals surface area contributed by atoms with Crippen LogP contribution in [0, 0.1) is 5.92 Å². The van der Waals surface area contributed by atoms with Crippen molar-refractivity contribution in [3.8, 4) is 11.4 Å². The Bertz CT molecular complexity index is 948. The highest BCUT2D eigenvalue weighted by Gasteiger charge is 2.36. The predicted octanol–water partition coefficient (Wildman–Crippen LogP) is 3.48. The predicted molar refractivity (Wildman–Crippen MR) is 83.0 cm³/mol. The molecule has 0 aliphatic carbocycles. The zero-order valence-corrected chi connectivity index (χ0v) is 13.2. The fourth-order valence-corrected chi connectivity index (χ4v) is 2.49. The highest BCUT2D eigenvalue weighted by molar-refractivity contribution is 6.33. The number of imidazole rings is 1. The molecule has 1 aromatic carbocycles. The van der Waals surface area contributed by atoms with Gasteiger partial charge in [0.2, 0.25) is 0 Å². The summed E-state index contributed by atoms with van der Waals surface area (Å²) >= 11 is 6.12. The molecule has 2 aromatic heterocycles.